The summed E-state index contributed by atoms with van der Waals surface area (Å²) in [6, 6.07) is 2.48. The second kappa shape index (κ2) is 3.86. The molecule has 0 radical (unpaired) electrons. The van der Waals surface area contributed by atoms with Gasteiger partial charge in [-0.05, 0) is 12.1 Å². The highest BCUT2D eigenvalue weighted by molar-refractivity contribution is 7.89. The largest absolute Gasteiger partial charge is 0.483 e. The van der Waals surface area contributed by atoms with E-state index in [0.29, 0.717) is 12.2 Å². The molecule has 1 aromatic carbocycles. The Labute approximate surface area is 96.6 Å². The minimum absolute atomic E-state index is 0.0900. The molecule has 8 nitrogen and oxygen atoms in total. The van der Waals surface area contributed by atoms with Gasteiger partial charge in [-0.1, -0.05) is 0 Å². The Morgan fingerprint density at radius 1 is 1.47 bits per heavy atom. The lowest BCUT2D eigenvalue weighted by Gasteiger charge is -2.19. The molecule has 1 aliphatic heterocycles. The lowest BCUT2D eigenvalue weighted by atomic mass is 10.2. The van der Waals surface area contributed by atoms with E-state index in [1.807, 2.05) is 0 Å². The molecule has 9 heteroatoms. The zero-order valence-corrected chi connectivity index (χ0v) is 9.36. The second-order valence-electron chi connectivity index (χ2n) is 3.37. The third-order valence-electron chi connectivity index (χ3n) is 2.25. The number of nitro benzene ring substituents is 1. The summed E-state index contributed by atoms with van der Waals surface area (Å²) < 4.78 is 27.6. The Morgan fingerprint density at radius 3 is 2.76 bits per heavy atom. The van der Waals surface area contributed by atoms with Crippen LogP contribution in [-0.2, 0) is 10.0 Å². The van der Waals surface area contributed by atoms with E-state index in [9.17, 15) is 18.5 Å². The van der Waals surface area contributed by atoms with Crippen LogP contribution in [0.4, 0.5) is 11.4 Å². The topological polar surface area (TPSA) is 125 Å². The number of fused-ring (bicyclic) bond motifs is 1. The van der Waals surface area contributed by atoms with E-state index in [4.69, 9.17) is 9.88 Å². The van der Waals surface area contributed by atoms with Crippen LogP contribution < -0.4 is 15.2 Å². The van der Waals surface area contributed by atoms with Crippen molar-refractivity contribution in [3.05, 3.63) is 22.2 Å². The number of nitrogens with two attached hydrogens (primary N) is 1. The molecule has 92 valence electrons. The number of hydrogen-bond acceptors (Lipinski definition) is 6. The minimum Gasteiger partial charge on any atom is -0.483 e. The maximum atomic E-state index is 11.2. The van der Waals surface area contributed by atoms with Gasteiger partial charge in [-0.25, -0.2) is 13.6 Å². The van der Waals surface area contributed by atoms with Crippen LogP contribution in [0, 0.1) is 10.1 Å². The van der Waals surface area contributed by atoms with Gasteiger partial charge in [0.2, 0.25) is 15.8 Å². The number of nitrogens with zero attached hydrogens (tertiary/aromatic N) is 1. The lowest BCUT2D eigenvalue weighted by molar-refractivity contribution is -0.388. The van der Waals surface area contributed by atoms with Crippen LogP contribution in [0.25, 0.3) is 0 Å². The Bertz CT molecular complexity index is 583. The Hall–Kier alpha value is -1.87. The molecule has 1 aromatic rings. The summed E-state index contributed by atoms with van der Waals surface area (Å²) in [4.78, 5) is 9.55. The van der Waals surface area contributed by atoms with Crippen molar-refractivity contribution in [2.75, 3.05) is 18.5 Å². The quantitative estimate of drug-likeness (QED) is 0.571. The molecular weight excluding hydrogens is 250 g/mol. The summed E-state index contributed by atoms with van der Waals surface area (Å²) in [5.74, 6) is -0.0900. The number of nitro groups is 1. The first-order valence-corrected chi connectivity index (χ1v) is 6.17. The average Bonchev–Trinajstić information content (AvgIpc) is 2.26. The number of benzene rings is 1. The van der Waals surface area contributed by atoms with Gasteiger partial charge in [0.25, 0.3) is 0 Å². The van der Waals surface area contributed by atoms with Gasteiger partial charge in [0, 0.05) is 6.54 Å². The fourth-order valence-electron chi connectivity index (χ4n) is 1.58. The smallest absolute Gasteiger partial charge is 0.333 e. The number of ether oxygens (including phenoxy) is 1. The van der Waals surface area contributed by atoms with Gasteiger partial charge in [0.05, 0.1) is 10.6 Å². The summed E-state index contributed by atoms with van der Waals surface area (Å²) in [6.45, 7) is 0.723. The van der Waals surface area contributed by atoms with Gasteiger partial charge in [0.15, 0.2) is 4.90 Å². The third kappa shape index (κ3) is 2.01. The van der Waals surface area contributed by atoms with Crippen LogP contribution in [0.5, 0.6) is 5.75 Å². The highest BCUT2D eigenvalue weighted by Gasteiger charge is 2.31. The van der Waals surface area contributed by atoms with Crippen LogP contribution in [0.15, 0.2) is 17.0 Å². The molecule has 0 saturated carbocycles. The maximum Gasteiger partial charge on any atom is 0.333 e. The first-order valence-electron chi connectivity index (χ1n) is 4.62. The van der Waals surface area contributed by atoms with Gasteiger partial charge in [-0.3, -0.25) is 10.1 Å². The molecule has 0 bridgehead atoms. The monoisotopic (exact) mass is 259 g/mol. The fraction of sp³-hybridized carbons (Fsp3) is 0.250. The standard InChI is InChI=1S/C8H9N3O5S/c9-17(14,15)6-2-1-5-8(7(6)11(12)13)16-4-3-10-5/h1-2,10H,3-4H2,(H2,9,14,15). The predicted molar refractivity (Wildman–Crippen MR) is 58.5 cm³/mol. The van der Waals surface area contributed by atoms with E-state index in [1.54, 1.807) is 0 Å². The van der Waals surface area contributed by atoms with Crippen LogP contribution in [0.1, 0.15) is 0 Å². The van der Waals surface area contributed by atoms with Crippen molar-refractivity contribution < 1.29 is 18.1 Å². The van der Waals surface area contributed by atoms with Gasteiger partial charge < -0.3 is 10.1 Å². The molecule has 0 aromatic heterocycles. The molecule has 0 amide bonds. The molecule has 0 aliphatic carbocycles. The van der Waals surface area contributed by atoms with Crippen LogP contribution in [0.3, 0.4) is 0 Å². The predicted octanol–water partition coefficient (Wildman–Crippen LogP) is 0.0465. The van der Waals surface area contributed by atoms with Crippen molar-refractivity contribution in [2.24, 2.45) is 5.14 Å². The number of nitrogens with one attached hydrogen (secondary N) is 1. The fourth-order valence-corrected chi connectivity index (χ4v) is 2.27. The number of rotatable bonds is 2. The van der Waals surface area contributed by atoms with Crippen molar-refractivity contribution >= 4 is 21.4 Å². The van der Waals surface area contributed by atoms with Gasteiger partial charge in [-0.2, -0.15) is 0 Å². The zero-order valence-electron chi connectivity index (χ0n) is 8.54. The maximum absolute atomic E-state index is 11.2. The number of hydrogen-bond donors (Lipinski definition) is 2. The van der Waals surface area contributed by atoms with Gasteiger partial charge in [-0.15, -0.1) is 0 Å². The molecular formula is C8H9N3O5S. The third-order valence-corrected chi connectivity index (χ3v) is 3.19. The number of primary sulfonamides is 1. The van der Waals surface area contributed by atoms with Crippen molar-refractivity contribution in [1.29, 1.82) is 0 Å². The SMILES string of the molecule is NS(=O)(=O)c1ccc2c(c1[N+](=O)[O-])OCCN2. The normalized spacial score (nSPS) is 14.4. The Balaban J connectivity index is 2.75. The number of anilines is 1. The van der Waals surface area contributed by atoms with E-state index < -0.39 is 25.5 Å². The highest BCUT2D eigenvalue weighted by Crippen LogP contribution is 2.40. The van der Waals surface area contributed by atoms with Crippen LogP contribution in [0.2, 0.25) is 0 Å². The average molecular weight is 259 g/mol. The zero-order chi connectivity index (χ0) is 12.6. The lowest BCUT2D eigenvalue weighted by Crippen LogP contribution is -2.21. The second-order valence-corrected chi connectivity index (χ2v) is 4.90. The summed E-state index contributed by atoms with van der Waals surface area (Å²) in [6.07, 6.45) is 0. The Kier molecular flexibility index (Phi) is 2.63. The first-order chi connectivity index (χ1) is 7.91. The van der Waals surface area contributed by atoms with E-state index in [-0.39, 0.29) is 12.4 Å². The first kappa shape index (κ1) is 11.6. The summed E-state index contributed by atoms with van der Waals surface area (Å²) in [5.41, 5.74) is -0.243. The molecule has 0 atom stereocenters. The van der Waals surface area contributed by atoms with E-state index in [2.05, 4.69) is 5.32 Å². The molecule has 0 spiro atoms. The van der Waals surface area contributed by atoms with Crippen LogP contribution in [-0.4, -0.2) is 26.5 Å². The van der Waals surface area contributed by atoms with Crippen molar-refractivity contribution in [1.82, 2.24) is 0 Å². The van der Waals surface area contributed by atoms with Gasteiger partial charge in [0.1, 0.15) is 6.61 Å². The minimum atomic E-state index is -4.16. The van der Waals surface area contributed by atoms with Crippen molar-refractivity contribution in [2.45, 2.75) is 4.90 Å². The van der Waals surface area contributed by atoms with E-state index in [0.717, 1.165) is 6.07 Å². The molecule has 17 heavy (non-hydrogen) atoms. The summed E-state index contributed by atoms with van der Waals surface area (Å²) >= 11 is 0. The van der Waals surface area contributed by atoms with Crippen molar-refractivity contribution in [3.8, 4) is 5.75 Å². The molecule has 0 unspecified atom stereocenters. The number of sulfonamides is 1. The molecule has 0 saturated heterocycles. The Morgan fingerprint density at radius 2 is 2.18 bits per heavy atom. The highest BCUT2D eigenvalue weighted by atomic mass is 32.2. The molecule has 3 N–H and O–H groups in total. The summed E-state index contributed by atoms with van der Waals surface area (Å²) in [7, 11) is -4.16. The van der Waals surface area contributed by atoms with E-state index >= 15 is 0 Å². The molecule has 2 rings (SSSR count). The summed E-state index contributed by atoms with van der Waals surface area (Å²) in [5, 5.41) is 18.7. The van der Waals surface area contributed by atoms with Gasteiger partial charge >= 0.3 is 5.69 Å². The van der Waals surface area contributed by atoms with Crippen molar-refractivity contribution in [3.63, 3.8) is 0 Å². The molecule has 1 aliphatic rings. The molecule has 0 fully saturated rings. The van der Waals surface area contributed by atoms with Crippen LogP contribution >= 0.6 is 0 Å². The molecule has 1 heterocycles. The van der Waals surface area contributed by atoms with E-state index in [1.165, 1.54) is 6.07 Å².